The number of hydrogen-bond acceptors (Lipinski definition) is 2. The van der Waals surface area contributed by atoms with E-state index in [-0.39, 0.29) is 24.0 Å². The fraction of sp³-hybridized carbons (Fsp3) is 0.562. The van der Waals surface area contributed by atoms with Gasteiger partial charge in [0.05, 0.1) is 7.11 Å². The number of hydrogen-bond donors (Lipinski definition) is 2. The van der Waals surface area contributed by atoms with Crippen LogP contribution in [0, 0.1) is 5.92 Å². The lowest BCUT2D eigenvalue weighted by atomic mass is 10.1. The second-order valence-electron chi connectivity index (χ2n) is 5.19. The monoisotopic (exact) mass is 403 g/mol. The minimum absolute atomic E-state index is 0. The van der Waals surface area contributed by atoms with Crippen molar-refractivity contribution in [1.82, 2.24) is 10.6 Å². The number of nitrogens with one attached hydrogen (secondary N) is 2. The first-order chi connectivity index (χ1) is 9.81. The van der Waals surface area contributed by atoms with Gasteiger partial charge in [-0.2, -0.15) is 0 Å². The molecule has 0 saturated heterocycles. The zero-order valence-electron chi connectivity index (χ0n) is 12.9. The highest BCUT2D eigenvalue weighted by Gasteiger charge is 2.20. The van der Waals surface area contributed by atoms with Crippen LogP contribution in [0.15, 0.2) is 29.3 Å². The zero-order valence-corrected chi connectivity index (χ0v) is 15.2. The Labute approximate surface area is 144 Å². The van der Waals surface area contributed by atoms with Gasteiger partial charge in [-0.25, -0.2) is 0 Å². The number of benzene rings is 1. The molecule has 0 aliphatic heterocycles. The highest BCUT2D eigenvalue weighted by Crippen LogP contribution is 2.28. The summed E-state index contributed by atoms with van der Waals surface area (Å²) in [5.74, 6) is 2.67. The maximum atomic E-state index is 5.24. The summed E-state index contributed by atoms with van der Waals surface area (Å²) in [5, 5.41) is 6.68. The van der Waals surface area contributed by atoms with Crippen LogP contribution in [-0.2, 0) is 6.42 Å². The van der Waals surface area contributed by atoms with Crippen LogP contribution < -0.4 is 15.4 Å². The van der Waals surface area contributed by atoms with Gasteiger partial charge < -0.3 is 15.4 Å². The lowest BCUT2D eigenvalue weighted by Crippen LogP contribution is -2.38. The Hall–Kier alpha value is -0.980. The molecule has 1 saturated carbocycles. The second kappa shape index (κ2) is 9.87. The standard InChI is InChI=1S/C16H25N3O.HI/c1-3-17-16(19-12-14-7-8-14)18-10-9-13-5-4-6-15(11-13)20-2;/h4-6,11,14H,3,7-10,12H2,1-2H3,(H2,17,18,19);1H. The summed E-state index contributed by atoms with van der Waals surface area (Å²) in [6.45, 7) is 4.82. The maximum absolute atomic E-state index is 5.24. The highest BCUT2D eigenvalue weighted by atomic mass is 127. The lowest BCUT2D eigenvalue weighted by molar-refractivity contribution is 0.414. The highest BCUT2D eigenvalue weighted by molar-refractivity contribution is 14.0. The molecule has 1 aliphatic rings. The fourth-order valence-corrected chi connectivity index (χ4v) is 2.02. The van der Waals surface area contributed by atoms with E-state index in [9.17, 15) is 0 Å². The Balaban J connectivity index is 0.00000220. The normalized spacial score (nSPS) is 14.3. The molecule has 2 rings (SSSR count). The first-order valence-electron chi connectivity index (χ1n) is 7.47. The van der Waals surface area contributed by atoms with Crippen molar-refractivity contribution in [2.45, 2.75) is 26.2 Å². The Morgan fingerprint density at radius 3 is 2.81 bits per heavy atom. The van der Waals surface area contributed by atoms with Gasteiger partial charge in [0, 0.05) is 19.6 Å². The third-order valence-electron chi connectivity index (χ3n) is 3.39. The molecule has 4 nitrogen and oxygen atoms in total. The number of rotatable bonds is 7. The van der Waals surface area contributed by atoms with Crippen LogP contribution in [0.3, 0.4) is 0 Å². The van der Waals surface area contributed by atoms with Crippen molar-refractivity contribution < 1.29 is 4.74 Å². The first kappa shape index (κ1) is 18.1. The summed E-state index contributed by atoms with van der Waals surface area (Å²) in [4.78, 5) is 4.61. The van der Waals surface area contributed by atoms with E-state index in [1.807, 2.05) is 12.1 Å². The molecule has 2 N–H and O–H groups in total. The summed E-state index contributed by atoms with van der Waals surface area (Å²) in [6.07, 6.45) is 3.64. The van der Waals surface area contributed by atoms with E-state index in [0.29, 0.717) is 0 Å². The van der Waals surface area contributed by atoms with Gasteiger partial charge in [-0.3, -0.25) is 4.99 Å². The molecule has 0 amide bonds. The molecule has 0 bridgehead atoms. The van der Waals surface area contributed by atoms with Gasteiger partial charge in [0.15, 0.2) is 5.96 Å². The number of aliphatic imine (C=N–C) groups is 1. The molecule has 0 radical (unpaired) electrons. The van der Waals surface area contributed by atoms with Crippen molar-refractivity contribution in [2.24, 2.45) is 10.9 Å². The van der Waals surface area contributed by atoms with Gasteiger partial charge in [0.1, 0.15) is 5.75 Å². The third kappa shape index (κ3) is 7.02. The maximum Gasteiger partial charge on any atom is 0.191 e. The molecular weight excluding hydrogens is 377 g/mol. The molecule has 1 fully saturated rings. The molecule has 0 heterocycles. The molecule has 1 aliphatic carbocycles. The van der Waals surface area contributed by atoms with Crippen molar-refractivity contribution >= 4 is 29.9 Å². The van der Waals surface area contributed by atoms with Crippen molar-refractivity contribution in [3.63, 3.8) is 0 Å². The lowest BCUT2D eigenvalue weighted by Gasteiger charge is -2.11. The van der Waals surface area contributed by atoms with Gasteiger partial charge in [-0.05, 0) is 49.8 Å². The molecule has 0 aromatic heterocycles. The second-order valence-corrected chi connectivity index (χ2v) is 5.19. The van der Waals surface area contributed by atoms with E-state index < -0.39 is 0 Å². The van der Waals surface area contributed by atoms with Crippen molar-refractivity contribution in [2.75, 3.05) is 26.7 Å². The number of nitrogens with zero attached hydrogens (tertiary/aromatic N) is 1. The smallest absolute Gasteiger partial charge is 0.191 e. The van der Waals surface area contributed by atoms with Crippen molar-refractivity contribution in [3.8, 4) is 5.75 Å². The molecule has 0 spiro atoms. The van der Waals surface area contributed by atoms with E-state index in [4.69, 9.17) is 4.74 Å². The van der Waals surface area contributed by atoms with Crippen LogP contribution in [0.5, 0.6) is 5.75 Å². The van der Waals surface area contributed by atoms with Crippen LogP contribution in [-0.4, -0.2) is 32.7 Å². The fourth-order valence-electron chi connectivity index (χ4n) is 2.02. The van der Waals surface area contributed by atoms with Crippen LogP contribution in [0.1, 0.15) is 25.3 Å². The van der Waals surface area contributed by atoms with Gasteiger partial charge >= 0.3 is 0 Å². The molecule has 0 atom stereocenters. The van der Waals surface area contributed by atoms with Crippen LogP contribution in [0.4, 0.5) is 0 Å². The Morgan fingerprint density at radius 1 is 1.33 bits per heavy atom. The number of methoxy groups -OCH3 is 1. The summed E-state index contributed by atoms with van der Waals surface area (Å²) in [7, 11) is 1.70. The Bertz CT molecular complexity index is 447. The first-order valence-corrected chi connectivity index (χ1v) is 7.47. The van der Waals surface area contributed by atoms with Crippen molar-refractivity contribution in [1.29, 1.82) is 0 Å². The van der Waals surface area contributed by atoms with Gasteiger partial charge in [0.2, 0.25) is 0 Å². The molecule has 118 valence electrons. The molecule has 0 unspecified atom stereocenters. The molecule has 1 aromatic carbocycles. The largest absolute Gasteiger partial charge is 0.497 e. The van der Waals surface area contributed by atoms with Crippen LogP contribution in [0.25, 0.3) is 0 Å². The topological polar surface area (TPSA) is 45.7 Å². The molecule has 21 heavy (non-hydrogen) atoms. The quantitative estimate of drug-likeness (QED) is 0.418. The van der Waals surface area contributed by atoms with Gasteiger partial charge in [-0.1, -0.05) is 12.1 Å². The molecular formula is C16H26IN3O. The average Bonchev–Trinajstić information content (AvgIpc) is 3.29. The summed E-state index contributed by atoms with van der Waals surface area (Å²) >= 11 is 0. The number of halogens is 1. The summed E-state index contributed by atoms with van der Waals surface area (Å²) < 4.78 is 5.24. The summed E-state index contributed by atoms with van der Waals surface area (Å²) in [6, 6.07) is 8.20. The minimum Gasteiger partial charge on any atom is -0.497 e. The molecule has 5 heteroatoms. The van der Waals surface area contributed by atoms with E-state index in [0.717, 1.165) is 43.7 Å². The Kier molecular flexibility index (Phi) is 8.49. The van der Waals surface area contributed by atoms with E-state index in [1.165, 1.54) is 18.4 Å². The Morgan fingerprint density at radius 2 is 2.14 bits per heavy atom. The summed E-state index contributed by atoms with van der Waals surface area (Å²) in [5.41, 5.74) is 1.27. The number of ether oxygens (including phenoxy) is 1. The van der Waals surface area contributed by atoms with Gasteiger partial charge in [0.25, 0.3) is 0 Å². The third-order valence-corrected chi connectivity index (χ3v) is 3.39. The van der Waals surface area contributed by atoms with Gasteiger partial charge in [-0.15, -0.1) is 24.0 Å². The van der Waals surface area contributed by atoms with Crippen LogP contribution in [0.2, 0.25) is 0 Å². The van der Waals surface area contributed by atoms with Crippen molar-refractivity contribution in [3.05, 3.63) is 29.8 Å². The van der Waals surface area contributed by atoms with E-state index in [2.05, 4.69) is 34.7 Å². The zero-order chi connectivity index (χ0) is 14.2. The average molecular weight is 403 g/mol. The number of guanidine groups is 1. The predicted octanol–water partition coefficient (Wildman–Crippen LogP) is 2.82. The predicted molar refractivity (Wildman–Crippen MR) is 98.8 cm³/mol. The van der Waals surface area contributed by atoms with Crippen LogP contribution >= 0.6 is 24.0 Å². The SMILES string of the molecule is CCNC(=NCC1CC1)NCCc1cccc(OC)c1.I. The van der Waals surface area contributed by atoms with E-state index >= 15 is 0 Å². The minimum atomic E-state index is 0. The molecule has 1 aromatic rings. The van der Waals surface area contributed by atoms with E-state index in [1.54, 1.807) is 7.11 Å².